The summed E-state index contributed by atoms with van der Waals surface area (Å²) in [5, 5.41) is 0. The van der Waals surface area contributed by atoms with Crippen LogP contribution in [-0.2, 0) is 23.7 Å². The molecule has 1 saturated heterocycles. The number of benzene rings is 5. The second-order valence-corrected chi connectivity index (χ2v) is 12.8. The van der Waals surface area contributed by atoms with Gasteiger partial charge in [0.1, 0.15) is 18.1 Å². The first-order valence-electron chi connectivity index (χ1n) is 16.2. The monoisotopic (exact) mass is 702 g/mol. The third-order valence-electron chi connectivity index (χ3n) is 8.01. The molecule has 0 bridgehead atoms. The van der Waals surface area contributed by atoms with Crippen LogP contribution in [0.15, 0.2) is 150 Å². The molecule has 0 aliphatic carbocycles. The Morgan fingerprint density at radius 2 is 0.902 bits per heavy atom. The van der Waals surface area contributed by atoms with E-state index in [2.05, 4.69) is 0 Å². The number of thioether (sulfide) groups is 1. The van der Waals surface area contributed by atoms with E-state index in [0.717, 1.165) is 10.5 Å². The van der Waals surface area contributed by atoms with Crippen molar-refractivity contribution in [2.45, 2.75) is 41.7 Å². The molecule has 10 heteroatoms. The predicted octanol–water partition coefficient (Wildman–Crippen LogP) is 7.35. The average Bonchev–Trinajstić information content (AvgIpc) is 3.18. The molecule has 51 heavy (non-hydrogen) atoms. The standard InChI is InChI=1S/C41H34O9S/c1-27-22-24-32(25-23-27)51-41-36(50-40(45)31-20-12-5-13-21-31)35(49-39(44)30-18-10-4-11-19-30)34(48-38(43)29-16-8-3-9-17-29)33(47-41)26-46-37(42)28-14-6-2-7-15-28/h2-25,33-36,41H,26H2,1H3/t33-,34+,35+,36-,41+/m1/s1. The Morgan fingerprint density at radius 3 is 1.35 bits per heavy atom. The molecule has 258 valence electrons. The third kappa shape index (κ3) is 9.10. The molecule has 9 nitrogen and oxygen atoms in total. The summed E-state index contributed by atoms with van der Waals surface area (Å²) in [7, 11) is 0. The second-order valence-electron chi connectivity index (χ2n) is 11.6. The van der Waals surface area contributed by atoms with E-state index >= 15 is 0 Å². The van der Waals surface area contributed by atoms with Crippen molar-refractivity contribution < 1.29 is 42.9 Å². The van der Waals surface area contributed by atoms with E-state index in [1.165, 1.54) is 11.8 Å². The summed E-state index contributed by atoms with van der Waals surface area (Å²) in [6.07, 6.45) is -5.26. The lowest BCUT2D eigenvalue weighted by Gasteiger charge is -2.44. The van der Waals surface area contributed by atoms with Crippen LogP contribution in [0, 0.1) is 6.92 Å². The molecule has 0 spiro atoms. The number of carbonyl (C=O) groups is 4. The van der Waals surface area contributed by atoms with E-state index in [1.54, 1.807) is 121 Å². The van der Waals surface area contributed by atoms with Gasteiger partial charge in [-0.25, -0.2) is 19.2 Å². The Bertz CT molecular complexity index is 1920. The molecule has 0 N–H and O–H groups in total. The van der Waals surface area contributed by atoms with Gasteiger partial charge in [0.2, 0.25) is 0 Å². The average molecular weight is 703 g/mol. The van der Waals surface area contributed by atoms with E-state index in [1.807, 2.05) is 31.2 Å². The van der Waals surface area contributed by atoms with Gasteiger partial charge in [-0.3, -0.25) is 0 Å². The van der Waals surface area contributed by atoms with Crippen molar-refractivity contribution in [1.82, 2.24) is 0 Å². The van der Waals surface area contributed by atoms with Gasteiger partial charge >= 0.3 is 23.9 Å². The van der Waals surface area contributed by atoms with Gasteiger partial charge in [0.15, 0.2) is 18.3 Å². The molecule has 5 atom stereocenters. The van der Waals surface area contributed by atoms with Gasteiger partial charge in [0.25, 0.3) is 0 Å². The summed E-state index contributed by atoms with van der Waals surface area (Å²) in [5.74, 6) is -2.84. The molecular formula is C41H34O9S. The van der Waals surface area contributed by atoms with Gasteiger partial charge in [-0.05, 0) is 67.6 Å². The summed E-state index contributed by atoms with van der Waals surface area (Å²) in [6.45, 7) is 1.57. The van der Waals surface area contributed by atoms with Gasteiger partial charge in [-0.2, -0.15) is 0 Å². The summed E-state index contributed by atoms with van der Waals surface area (Å²) in [6, 6.07) is 40.9. The van der Waals surface area contributed by atoms with Crippen LogP contribution in [-0.4, -0.2) is 60.3 Å². The van der Waals surface area contributed by atoms with Crippen molar-refractivity contribution >= 4 is 35.6 Å². The number of esters is 4. The molecule has 1 heterocycles. The molecule has 1 aliphatic heterocycles. The number of ether oxygens (including phenoxy) is 5. The first-order valence-corrected chi connectivity index (χ1v) is 17.1. The molecular weight excluding hydrogens is 669 g/mol. The largest absolute Gasteiger partial charge is 0.459 e. The first-order chi connectivity index (χ1) is 24.9. The van der Waals surface area contributed by atoms with E-state index in [0.29, 0.717) is 5.56 Å². The predicted molar refractivity (Wildman–Crippen MR) is 189 cm³/mol. The van der Waals surface area contributed by atoms with E-state index < -0.39 is 53.7 Å². The first kappa shape index (κ1) is 35.1. The van der Waals surface area contributed by atoms with E-state index in [-0.39, 0.29) is 23.3 Å². The maximum absolute atomic E-state index is 13.7. The van der Waals surface area contributed by atoms with Gasteiger partial charge in [0, 0.05) is 4.90 Å². The van der Waals surface area contributed by atoms with Crippen LogP contribution in [0.25, 0.3) is 0 Å². The Kier molecular flexibility index (Phi) is 11.6. The molecule has 6 rings (SSSR count). The molecule has 0 unspecified atom stereocenters. The summed E-state index contributed by atoms with van der Waals surface area (Å²) >= 11 is 1.23. The Hall–Kier alpha value is -5.71. The number of hydrogen-bond acceptors (Lipinski definition) is 10. The molecule has 5 aromatic carbocycles. The second kappa shape index (κ2) is 16.8. The van der Waals surface area contributed by atoms with Crippen LogP contribution in [0.2, 0.25) is 0 Å². The minimum atomic E-state index is -1.41. The topological polar surface area (TPSA) is 114 Å². The number of hydrogen-bond donors (Lipinski definition) is 0. The van der Waals surface area contributed by atoms with Gasteiger partial charge in [0.05, 0.1) is 22.3 Å². The van der Waals surface area contributed by atoms with Crippen LogP contribution >= 0.6 is 11.8 Å². The van der Waals surface area contributed by atoms with Crippen LogP contribution in [0.1, 0.15) is 47.0 Å². The lowest BCUT2D eigenvalue weighted by molar-refractivity contribution is -0.207. The highest BCUT2D eigenvalue weighted by atomic mass is 32.2. The third-order valence-corrected chi connectivity index (χ3v) is 9.17. The molecule has 5 aromatic rings. The Labute approximate surface area is 299 Å². The number of aryl methyl sites for hydroxylation is 1. The molecule has 0 radical (unpaired) electrons. The van der Waals surface area contributed by atoms with Crippen LogP contribution in [0.3, 0.4) is 0 Å². The van der Waals surface area contributed by atoms with E-state index in [4.69, 9.17) is 23.7 Å². The zero-order valence-electron chi connectivity index (χ0n) is 27.5. The van der Waals surface area contributed by atoms with Gasteiger partial charge < -0.3 is 23.7 Å². The fourth-order valence-corrected chi connectivity index (χ4v) is 6.48. The zero-order valence-corrected chi connectivity index (χ0v) is 28.3. The minimum absolute atomic E-state index is 0.222. The Balaban J connectivity index is 1.41. The van der Waals surface area contributed by atoms with Crippen molar-refractivity contribution in [3.8, 4) is 0 Å². The summed E-state index contributed by atoms with van der Waals surface area (Å²) in [4.78, 5) is 54.9. The number of rotatable bonds is 11. The van der Waals surface area contributed by atoms with Gasteiger partial charge in [-0.1, -0.05) is 102 Å². The highest BCUT2D eigenvalue weighted by Crippen LogP contribution is 2.38. The highest BCUT2D eigenvalue weighted by Gasteiger charge is 2.53. The minimum Gasteiger partial charge on any atom is -0.459 e. The fourth-order valence-electron chi connectivity index (χ4n) is 5.37. The fraction of sp³-hybridized carbons (Fsp3) is 0.171. The Morgan fingerprint density at radius 1 is 0.510 bits per heavy atom. The van der Waals surface area contributed by atoms with E-state index in [9.17, 15) is 19.2 Å². The molecule has 1 fully saturated rings. The van der Waals surface area contributed by atoms with Crippen molar-refractivity contribution in [2.24, 2.45) is 0 Å². The van der Waals surface area contributed by atoms with Crippen molar-refractivity contribution in [3.63, 3.8) is 0 Å². The highest BCUT2D eigenvalue weighted by molar-refractivity contribution is 7.99. The lowest BCUT2D eigenvalue weighted by Crippen LogP contribution is -2.61. The van der Waals surface area contributed by atoms with Crippen LogP contribution in [0.4, 0.5) is 0 Å². The van der Waals surface area contributed by atoms with Crippen molar-refractivity contribution in [1.29, 1.82) is 0 Å². The molecule has 0 saturated carbocycles. The van der Waals surface area contributed by atoms with Crippen molar-refractivity contribution in [3.05, 3.63) is 173 Å². The molecule has 0 amide bonds. The summed E-state index contributed by atoms with van der Waals surface area (Å²) < 4.78 is 30.6. The zero-order chi connectivity index (χ0) is 35.6. The maximum atomic E-state index is 13.7. The number of carbonyl (C=O) groups excluding carboxylic acids is 4. The van der Waals surface area contributed by atoms with Crippen molar-refractivity contribution in [2.75, 3.05) is 6.61 Å². The normalized spacial score (nSPS) is 19.7. The quantitative estimate of drug-likeness (QED) is 0.102. The molecule has 1 aliphatic rings. The summed E-state index contributed by atoms with van der Waals surface area (Å²) in [5.41, 5.74) is 1.02. The van der Waals surface area contributed by atoms with Crippen LogP contribution < -0.4 is 0 Å². The van der Waals surface area contributed by atoms with Crippen LogP contribution in [0.5, 0.6) is 0 Å². The lowest BCUT2D eigenvalue weighted by atomic mass is 9.98. The molecule has 0 aromatic heterocycles. The van der Waals surface area contributed by atoms with Gasteiger partial charge in [-0.15, -0.1) is 0 Å². The smallest absolute Gasteiger partial charge is 0.338 e. The SMILES string of the molecule is Cc1ccc(S[C@@H]2O[C@H](COC(=O)c3ccccc3)[C@H](OC(=O)c3ccccc3)[C@H](OC(=O)c3ccccc3)[C@H]2OC(=O)c2ccccc2)cc1. The maximum Gasteiger partial charge on any atom is 0.338 e.